The minimum absolute atomic E-state index is 0.158. The smallest absolute Gasteiger partial charge is 0.113 e. The molecule has 13 heavy (non-hydrogen) atoms. The molecule has 2 heteroatoms. The van der Waals surface area contributed by atoms with E-state index in [1.165, 1.54) is 0 Å². The molecule has 1 heterocycles. The minimum Gasteiger partial charge on any atom is -0.360 e. The standard InChI is InChI=1S/C11H9NO/c1-2-10-11(13-10)9-5-3-8(7-12)4-6-9/h2-6,10-11H,1H2/t10-,11-/m0/s1. The second-order valence-corrected chi connectivity index (χ2v) is 2.99. The molecule has 1 aromatic carbocycles. The molecule has 2 nitrogen and oxygen atoms in total. The van der Waals surface area contributed by atoms with Crippen molar-refractivity contribution in [2.45, 2.75) is 12.2 Å². The van der Waals surface area contributed by atoms with E-state index in [9.17, 15) is 0 Å². The maximum absolute atomic E-state index is 8.58. The Hall–Kier alpha value is -1.59. The molecular weight excluding hydrogens is 162 g/mol. The number of rotatable bonds is 2. The molecule has 0 radical (unpaired) electrons. The van der Waals surface area contributed by atoms with Gasteiger partial charge in [-0.2, -0.15) is 5.26 Å². The Morgan fingerprint density at radius 3 is 2.54 bits per heavy atom. The molecule has 2 rings (SSSR count). The van der Waals surface area contributed by atoms with Crippen molar-refractivity contribution in [3.63, 3.8) is 0 Å². The van der Waals surface area contributed by atoms with Gasteiger partial charge in [-0.3, -0.25) is 0 Å². The summed E-state index contributed by atoms with van der Waals surface area (Å²) in [6.07, 6.45) is 2.11. The van der Waals surface area contributed by atoms with Gasteiger partial charge in [0.15, 0.2) is 0 Å². The number of hydrogen-bond acceptors (Lipinski definition) is 2. The Bertz CT molecular complexity index is 361. The van der Waals surface area contributed by atoms with E-state index in [2.05, 4.69) is 12.6 Å². The van der Waals surface area contributed by atoms with Crippen molar-refractivity contribution >= 4 is 0 Å². The summed E-state index contributed by atoms with van der Waals surface area (Å²) in [5.41, 5.74) is 1.79. The molecule has 0 spiro atoms. The van der Waals surface area contributed by atoms with Crippen LogP contribution in [-0.2, 0) is 4.74 Å². The van der Waals surface area contributed by atoms with Gasteiger partial charge < -0.3 is 4.74 Å². The van der Waals surface area contributed by atoms with Crippen molar-refractivity contribution < 1.29 is 4.74 Å². The molecule has 1 aromatic rings. The van der Waals surface area contributed by atoms with Crippen LogP contribution in [0.25, 0.3) is 0 Å². The van der Waals surface area contributed by atoms with Gasteiger partial charge in [-0.05, 0) is 17.7 Å². The van der Waals surface area contributed by atoms with Crippen LogP contribution < -0.4 is 0 Å². The van der Waals surface area contributed by atoms with Gasteiger partial charge in [0.2, 0.25) is 0 Å². The Labute approximate surface area is 77.1 Å². The van der Waals surface area contributed by atoms with Crippen LogP contribution in [0.15, 0.2) is 36.9 Å². The van der Waals surface area contributed by atoms with E-state index in [0.29, 0.717) is 5.56 Å². The second-order valence-electron chi connectivity index (χ2n) is 2.99. The van der Waals surface area contributed by atoms with Crippen LogP contribution in [0.3, 0.4) is 0 Å². The van der Waals surface area contributed by atoms with Gasteiger partial charge in [-0.15, -0.1) is 6.58 Å². The van der Waals surface area contributed by atoms with Crippen molar-refractivity contribution in [3.05, 3.63) is 48.0 Å². The van der Waals surface area contributed by atoms with Gasteiger partial charge in [0.25, 0.3) is 0 Å². The number of nitriles is 1. The summed E-state index contributed by atoms with van der Waals surface area (Å²) in [6, 6.07) is 9.53. The van der Waals surface area contributed by atoms with Crippen molar-refractivity contribution in [1.82, 2.24) is 0 Å². The number of ether oxygens (including phenoxy) is 1. The molecular formula is C11H9NO. The van der Waals surface area contributed by atoms with E-state index in [1.807, 2.05) is 12.1 Å². The monoisotopic (exact) mass is 171 g/mol. The van der Waals surface area contributed by atoms with Crippen LogP contribution in [0.1, 0.15) is 17.2 Å². The zero-order valence-electron chi connectivity index (χ0n) is 7.10. The molecule has 0 unspecified atom stereocenters. The predicted molar refractivity (Wildman–Crippen MR) is 49.0 cm³/mol. The Balaban J connectivity index is 2.16. The van der Waals surface area contributed by atoms with E-state index in [0.717, 1.165) is 5.56 Å². The maximum Gasteiger partial charge on any atom is 0.113 e. The Kier molecular flexibility index (Phi) is 1.88. The maximum atomic E-state index is 8.58. The summed E-state index contributed by atoms with van der Waals surface area (Å²) < 4.78 is 5.32. The van der Waals surface area contributed by atoms with Crippen LogP contribution >= 0.6 is 0 Å². The third-order valence-corrected chi connectivity index (χ3v) is 2.13. The molecule has 0 aliphatic carbocycles. The Morgan fingerprint density at radius 2 is 2.08 bits per heavy atom. The number of hydrogen-bond donors (Lipinski definition) is 0. The highest BCUT2D eigenvalue weighted by Crippen LogP contribution is 2.38. The molecule has 0 saturated carbocycles. The zero-order chi connectivity index (χ0) is 9.26. The molecule has 1 fully saturated rings. The fraction of sp³-hybridized carbons (Fsp3) is 0.182. The molecule has 0 N–H and O–H groups in total. The first-order chi connectivity index (χ1) is 6.35. The lowest BCUT2D eigenvalue weighted by Crippen LogP contribution is -1.84. The van der Waals surface area contributed by atoms with Crippen molar-refractivity contribution in [3.8, 4) is 6.07 Å². The molecule has 1 saturated heterocycles. The van der Waals surface area contributed by atoms with Gasteiger partial charge in [0.1, 0.15) is 12.2 Å². The quantitative estimate of drug-likeness (QED) is 0.505. The normalized spacial score (nSPS) is 24.8. The molecule has 0 aromatic heterocycles. The van der Waals surface area contributed by atoms with E-state index in [-0.39, 0.29) is 12.2 Å². The van der Waals surface area contributed by atoms with Crippen LogP contribution in [-0.4, -0.2) is 6.10 Å². The number of epoxide rings is 1. The first kappa shape index (κ1) is 8.03. The highest BCUT2D eigenvalue weighted by molar-refractivity contribution is 5.34. The van der Waals surface area contributed by atoms with E-state index < -0.39 is 0 Å². The topological polar surface area (TPSA) is 36.3 Å². The first-order valence-corrected chi connectivity index (χ1v) is 4.13. The lowest BCUT2D eigenvalue weighted by atomic mass is 10.1. The number of nitrogens with zero attached hydrogens (tertiary/aromatic N) is 1. The molecule has 64 valence electrons. The van der Waals surface area contributed by atoms with Crippen LogP contribution in [0.5, 0.6) is 0 Å². The lowest BCUT2D eigenvalue weighted by molar-refractivity contribution is 0.394. The van der Waals surface area contributed by atoms with Gasteiger partial charge in [0.05, 0.1) is 11.6 Å². The van der Waals surface area contributed by atoms with Crippen molar-refractivity contribution in [2.75, 3.05) is 0 Å². The SMILES string of the molecule is C=C[C@@H]1O[C@H]1c1ccc(C#N)cc1. The van der Waals surface area contributed by atoms with E-state index >= 15 is 0 Å². The summed E-state index contributed by atoms with van der Waals surface area (Å²) in [5.74, 6) is 0. The fourth-order valence-electron chi connectivity index (χ4n) is 1.32. The average Bonchev–Trinajstić information content (AvgIpc) is 2.97. The predicted octanol–water partition coefficient (Wildman–Crippen LogP) is 2.18. The first-order valence-electron chi connectivity index (χ1n) is 4.13. The summed E-state index contributed by atoms with van der Waals surface area (Å²) >= 11 is 0. The van der Waals surface area contributed by atoms with Crippen molar-refractivity contribution in [1.29, 1.82) is 5.26 Å². The molecule has 0 bridgehead atoms. The van der Waals surface area contributed by atoms with E-state index in [4.69, 9.17) is 10.00 Å². The van der Waals surface area contributed by atoms with Crippen LogP contribution in [0.4, 0.5) is 0 Å². The minimum atomic E-state index is 0.158. The third-order valence-electron chi connectivity index (χ3n) is 2.13. The molecule has 2 atom stereocenters. The fourth-order valence-corrected chi connectivity index (χ4v) is 1.32. The molecule has 1 aliphatic rings. The summed E-state index contributed by atoms with van der Waals surface area (Å²) in [4.78, 5) is 0. The second kappa shape index (κ2) is 3.04. The highest BCUT2D eigenvalue weighted by atomic mass is 16.6. The average molecular weight is 171 g/mol. The highest BCUT2D eigenvalue weighted by Gasteiger charge is 2.37. The van der Waals surface area contributed by atoms with Gasteiger partial charge in [0, 0.05) is 0 Å². The van der Waals surface area contributed by atoms with Gasteiger partial charge in [-0.25, -0.2) is 0 Å². The van der Waals surface area contributed by atoms with E-state index in [1.54, 1.807) is 18.2 Å². The van der Waals surface area contributed by atoms with Crippen molar-refractivity contribution in [2.24, 2.45) is 0 Å². The van der Waals surface area contributed by atoms with Gasteiger partial charge in [-0.1, -0.05) is 18.2 Å². The summed E-state index contributed by atoms with van der Waals surface area (Å²) in [6.45, 7) is 3.65. The van der Waals surface area contributed by atoms with Crippen LogP contribution in [0.2, 0.25) is 0 Å². The molecule has 1 aliphatic heterocycles. The summed E-state index contributed by atoms with van der Waals surface area (Å²) in [5, 5.41) is 8.58. The zero-order valence-corrected chi connectivity index (χ0v) is 7.10. The van der Waals surface area contributed by atoms with Gasteiger partial charge >= 0.3 is 0 Å². The lowest BCUT2D eigenvalue weighted by Gasteiger charge is -1.94. The molecule has 0 amide bonds. The third kappa shape index (κ3) is 1.47. The number of benzene rings is 1. The largest absolute Gasteiger partial charge is 0.360 e. The Morgan fingerprint density at radius 1 is 1.38 bits per heavy atom. The van der Waals surface area contributed by atoms with Crippen LogP contribution in [0, 0.1) is 11.3 Å². The summed E-state index contributed by atoms with van der Waals surface area (Å²) in [7, 11) is 0.